The predicted molar refractivity (Wildman–Crippen MR) is 72.0 cm³/mol. The first kappa shape index (κ1) is 13.9. The summed E-state index contributed by atoms with van der Waals surface area (Å²) in [5.41, 5.74) is 0. The largest absolute Gasteiger partial charge is 0.484 e. The molecule has 0 saturated carbocycles. The van der Waals surface area contributed by atoms with Crippen molar-refractivity contribution in [1.82, 2.24) is 4.90 Å². The number of ether oxygens (including phenoxy) is 1. The molecule has 0 aromatic heterocycles. The van der Waals surface area contributed by atoms with Crippen molar-refractivity contribution in [3.05, 3.63) is 28.7 Å². The molecule has 2 rings (SSSR count). The molecule has 19 heavy (non-hydrogen) atoms. The molecule has 1 amide bonds. The van der Waals surface area contributed by atoms with Crippen molar-refractivity contribution in [3.8, 4) is 5.75 Å². The minimum atomic E-state index is -0.843. The highest BCUT2D eigenvalue weighted by Gasteiger charge is 2.30. The molecule has 1 saturated heterocycles. The number of benzene rings is 1. The highest BCUT2D eigenvalue weighted by molar-refractivity contribution is 9.10. The zero-order valence-corrected chi connectivity index (χ0v) is 11.8. The maximum Gasteiger partial charge on any atom is 0.308 e. The molecule has 1 aromatic rings. The third-order valence-corrected chi connectivity index (χ3v) is 3.59. The second-order valence-electron chi connectivity index (χ2n) is 4.41. The lowest BCUT2D eigenvalue weighted by Crippen LogP contribution is -2.33. The molecule has 1 atom stereocenters. The van der Waals surface area contributed by atoms with Crippen molar-refractivity contribution in [2.45, 2.75) is 6.42 Å². The number of rotatable bonds is 4. The summed E-state index contributed by atoms with van der Waals surface area (Å²) < 4.78 is 6.31. The van der Waals surface area contributed by atoms with Crippen LogP contribution in [0.5, 0.6) is 5.75 Å². The third-order valence-electron chi connectivity index (χ3n) is 3.07. The number of nitrogens with zero attached hydrogens (tertiary/aromatic N) is 1. The van der Waals surface area contributed by atoms with Gasteiger partial charge in [0, 0.05) is 17.6 Å². The van der Waals surface area contributed by atoms with Gasteiger partial charge in [-0.3, -0.25) is 9.59 Å². The Morgan fingerprint density at radius 2 is 2.05 bits per heavy atom. The number of carboxylic acid groups (broad SMARTS) is 1. The number of carbonyl (C=O) groups is 2. The van der Waals surface area contributed by atoms with E-state index in [0.717, 1.165) is 4.47 Å². The lowest BCUT2D eigenvalue weighted by Gasteiger charge is -2.16. The molecule has 6 heteroatoms. The second-order valence-corrected chi connectivity index (χ2v) is 5.32. The van der Waals surface area contributed by atoms with Crippen LogP contribution in [0.1, 0.15) is 6.42 Å². The Kier molecular flexibility index (Phi) is 4.42. The molecule has 0 bridgehead atoms. The van der Waals surface area contributed by atoms with Gasteiger partial charge in [0.15, 0.2) is 6.61 Å². The van der Waals surface area contributed by atoms with E-state index >= 15 is 0 Å². The first-order chi connectivity index (χ1) is 9.06. The average molecular weight is 328 g/mol. The second kappa shape index (κ2) is 6.06. The monoisotopic (exact) mass is 327 g/mol. The lowest BCUT2D eigenvalue weighted by molar-refractivity contribution is -0.141. The van der Waals surface area contributed by atoms with E-state index in [1.807, 2.05) is 12.1 Å². The van der Waals surface area contributed by atoms with Gasteiger partial charge in [-0.05, 0) is 30.7 Å². The smallest absolute Gasteiger partial charge is 0.308 e. The van der Waals surface area contributed by atoms with E-state index in [2.05, 4.69) is 15.9 Å². The van der Waals surface area contributed by atoms with E-state index in [4.69, 9.17) is 9.84 Å². The van der Waals surface area contributed by atoms with Crippen molar-refractivity contribution >= 4 is 27.8 Å². The van der Waals surface area contributed by atoms with Gasteiger partial charge >= 0.3 is 5.97 Å². The van der Waals surface area contributed by atoms with Gasteiger partial charge in [-0.1, -0.05) is 15.9 Å². The van der Waals surface area contributed by atoms with Gasteiger partial charge in [0.05, 0.1) is 5.92 Å². The number of halogens is 1. The Labute approximate surface area is 119 Å². The molecule has 0 radical (unpaired) electrons. The first-order valence-corrected chi connectivity index (χ1v) is 6.74. The summed E-state index contributed by atoms with van der Waals surface area (Å²) in [6.07, 6.45) is 0.513. The summed E-state index contributed by atoms with van der Waals surface area (Å²) in [6, 6.07) is 7.19. The Hall–Kier alpha value is -1.56. The van der Waals surface area contributed by atoms with Crippen molar-refractivity contribution in [3.63, 3.8) is 0 Å². The van der Waals surface area contributed by atoms with Crippen LogP contribution in [0.15, 0.2) is 28.7 Å². The minimum absolute atomic E-state index is 0.0615. The summed E-state index contributed by atoms with van der Waals surface area (Å²) >= 11 is 3.31. The van der Waals surface area contributed by atoms with E-state index in [-0.39, 0.29) is 19.1 Å². The van der Waals surface area contributed by atoms with Crippen molar-refractivity contribution < 1.29 is 19.4 Å². The molecule has 1 aliphatic rings. The molecule has 0 aliphatic carbocycles. The van der Waals surface area contributed by atoms with E-state index in [9.17, 15) is 9.59 Å². The van der Waals surface area contributed by atoms with Crippen LogP contribution in [0.3, 0.4) is 0 Å². The van der Waals surface area contributed by atoms with Crippen LogP contribution in [0.4, 0.5) is 0 Å². The number of hydrogen-bond donors (Lipinski definition) is 1. The molecule has 0 spiro atoms. The number of amides is 1. The van der Waals surface area contributed by atoms with Crippen molar-refractivity contribution in [2.24, 2.45) is 5.92 Å². The summed E-state index contributed by atoms with van der Waals surface area (Å²) in [7, 11) is 0. The normalized spacial score (nSPS) is 18.4. The standard InChI is InChI=1S/C13H14BrNO4/c14-10-1-3-11(4-2-10)19-8-12(16)15-6-5-9(7-15)13(17)18/h1-4,9H,5-8H2,(H,17,18). The Balaban J connectivity index is 1.82. The SMILES string of the molecule is O=C(O)C1CCN(C(=O)COc2ccc(Br)cc2)C1. The minimum Gasteiger partial charge on any atom is -0.484 e. The fourth-order valence-corrected chi connectivity index (χ4v) is 2.22. The molecule has 1 fully saturated rings. The summed E-state index contributed by atoms with van der Waals surface area (Å²) in [4.78, 5) is 24.2. The average Bonchev–Trinajstić information content (AvgIpc) is 2.87. The van der Waals surface area contributed by atoms with E-state index in [1.54, 1.807) is 12.1 Å². The maximum absolute atomic E-state index is 11.9. The summed E-state index contributed by atoms with van der Waals surface area (Å²) in [6.45, 7) is 0.700. The van der Waals surface area contributed by atoms with Crippen molar-refractivity contribution in [2.75, 3.05) is 19.7 Å². The highest BCUT2D eigenvalue weighted by Crippen LogP contribution is 2.18. The lowest BCUT2D eigenvalue weighted by atomic mass is 10.1. The Morgan fingerprint density at radius 1 is 1.37 bits per heavy atom. The predicted octanol–water partition coefficient (Wildman–Crippen LogP) is 1.76. The Morgan fingerprint density at radius 3 is 2.63 bits per heavy atom. The van der Waals surface area contributed by atoms with E-state index in [1.165, 1.54) is 4.90 Å². The van der Waals surface area contributed by atoms with E-state index < -0.39 is 11.9 Å². The Bertz CT molecular complexity index is 474. The number of hydrogen-bond acceptors (Lipinski definition) is 3. The van der Waals surface area contributed by atoms with Crippen LogP contribution in [0.2, 0.25) is 0 Å². The van der Waals surface area contributed by atoms with Gasteiger partial charge in [-0.15, -0.1) is 0 Å². The number of carbonyl (C=O) groups excluding carboxylic acids is 1. The molecule has 5 nitrogen and oxygen atoms in total. The zero-order valence-electron chi connectivity index (χ0n) is 10.2. The number of likely N-dealkylation sites (tertiary alicyclic amines) is 1. The fourth-order valence-electron chi connectivity index (χ4n) is 1.96. The molecule has 1 unspecified atom stereocenters. The van der Waals surface area contributed by atoms with Crippen LogP contribution < -0.4 is 4.74 Å². The molecule has 1 aliphatic heterocycles. The quantitative estimate of drug-likeness (QED) is 0.915. The zero-order chi connectivity index (χ0) is 13.8. The number of carboxylic acids is 1. The van der Waals surface area contributed by atoms with Gasteiger partial charge < -0.3 is 14.7 Å². The molecule has 1 N–H and O–H groups in total. The maximum atomic E-state index is 11.9. The van der Waals surface area contributed by atoms with Gasteiger partial charge in [-0.25, -0.2) is 0 Å². The van der Waals surface area contributed by atoms with Crippen molar-refractivity contribution in [1.29, 1.82) is 0 Å². The van der Waals surface area contributed by atoms with Gasteiger partial charge in [0.2, 0.25) is 0 Å². The molecule has 1 aromatic carbocycles. The van der Waals surface area contributed by atoms with Gasteiger partial charge in [0.25, 0.3) is 5.91 Å². The van der Waals surface area contributed by atoms with Gasteiger partial charge in [0.1, 0.15) is 5.75 Å². The molecular weight excluding hydrogens is 314 g/mol. The molecule has 1 heterocycles. The van der Waals surface area contributed by atoms with Gasteiger partial charge in [-0.2, -0.15) is 0 Å². The van der Waals surface area contributed by atoms with E-state index in [0.29, 0.717) is 18.7 Å². The summed E-state index contributed by atoms with van der Waals surface area (Å²) in [5, 5.41) is 8.87. The highest BCUT2D eigenvalue weighted by atomic mass is 79.9. The molecular formula is C13H14BrNO4. The first-order valence-electron chi connectivity index (χ1n) is 5.95. The fraction of sp³-hybridized carbons (Fsp3) is 0.385. The van der Waals surface area contributed by atoms with Crippen LogP contribution in [0.25, 0.3) is 0 Å². The van der Waals surface area contributed by atoms with Crippen LogP contribution >= 0.6 is 15.9 Å². The summed E-state index contributed by atoms with van der Waals surface area (Å²) in [5.74, 6) is -0.849. The topological polar surface area (TPSA) is 66.8 Å². The third kappa shape index (κ3) is 3.70. The van der Waals surface area contributed by atoms with Crippen LogP contribution in [-0.2, 0) is 9.59 Å². The van der Waals surface area contributed by atoms with Crippen LogP contribution in [-0.4, -0.2) is 41.6 Å². The molecule has 102 valence electrons. The number of aliphatic carboxylic acids is 1. The van der Waals surface area contributed by atoms with Crippen LogP contribution in [0, 0.1) is 5.92 Å².